The number of hydrogen-bond donors (Lipinski definition) is 1. The van der Waals surface area contributed by atoms with Crippen molar-refractivity contribution < 1.29 is 13.7 Å². The summed E-state index contributed by atoms with van der Waals surface area (Å²) in [5, 5.41) is 6.95. The molecule has 2 aromatic rings. The third-order valence-corrected chi connectivity index (χ3v) is 4.57. The van der Waals surface area contributed by atoms with Crippen LogP contribution in [0.3, 0.4) is 0 Å². The average molecular weight is 346 g/mol. The number of hydrogen-bond acceptors (Lipinski definition) is 5. The van der Waals surface area contributed by atoms with E-state index in [1.54, 1.807) is 18.2 Å². The van der Waals surface area contributed by atoms with E-state index < -0.39 is 0 Å². The van der Waals surface area contributed by atoms with Crippen molar-refractivity contribution >= 4 is 6.03 Å². The molecule has 0 radical (unpaired) electrons. The van der Waals surface area contributed by atoms with Crippen LogP contribution in [0.2, 0.25) is 0 Å². The lowest BCUT2D eigenvalue weighted by Gasteiger charge is -2.33. The normalized spacial score (nSPS) is 16.6. The highest BCUT2D eigenvalue weighted by Gasteiger charge is 2.25. The van der Waals surface area contributed by atoms with E-state index in [1.165, 1.54) is 19.3 Å². The van der Waals surface area contributed by atoms with E-state index in [2.05, 4.69) is 15.4 Å². The molecule has 1 atom stereocenters. The molecule has 0 bridgehead atoms. The number of carbonyl (C=O) groups excluding carboxylic acids is 1. The molecule has 1 aliphatic rings. The third kappa shape index (κ3) is 4.63. The van der Waals surface area contributed by atoms with Crippen molar-refractivity contribution in [3.8, 4) is 0 Å². The minimum Gasteiger partial charge on any atom is -0.468 e. The Bertz CT molecular complexity index is 662. The number of urea groups is 1. The number of likely N-dealkylation sites (tertiary alicyclic amines) is 1. The molecule has 0 aliphatic carbocycles. The monoisotopic (exact) mass is 346 g/mol. The minimum absolute atomic E-state index is 0.0712. The summed E-state index contributed by atoms with van der Waals surface area (Å²) < 4.78 is 10.7. The van der Waals surface area contributed by atoms with Gasteiger partial charge in [-0.25, -0.2) is 4.79 Å². The number of furan rings is 1. The minimum atomic E-state index is -0.130. The zero-order valence-corrected chi connectivity index (χ0v) is 14.9. The van der Waals surface area contributed by atoms with Gasteiger partial charge in [0.25, 0.3) is 0 Å². The number of aromatic nitrogens is 1. The Morgan fingerprint density at radius 1 is 1.40 bits per heavy atom. The van der Waals surface area contributed by atoms with Gasteiger partial charge in [0.2, 0.25) is 0 Å². The first-order valence-electron chi connectivity index (χ1n) is 8.82. The predicted octanol–water partition coefficient (Wildman–Crippen LogP) is 2.94. The van der Waals surface area contributed by atoms with Gasteiger partial charge in [-0.3, -0.25) is 4.90 Å². The Labute approximate surface area is 147 Å². The fourth-order valence-corrected chi connectivity index (χ4v) is 3.25. The second-order valence-electron chi connectivity index (χ2n) is 6.60. The molecule has 0 aromatic carbocycles. The molecule has 1 saturated heterocycles. The number of amides is 2. The molecular formula is C18H26N4O3. The van der Waals surface area contributed by atoms with Crippen LogP contribution in [0, 0.1) is 6.92 Å². The van der Waals surface area contributed by atoms with Gasteiger partial charge in [0.15, 0.2) is 0 Å². The molecular weight excluding hydrogens is 320 g/mol. The van der Waals surface area contributed by atoms with Crippen LogP contribution < -0.4 is 5.32 Å². The largest absolute Gasteiger partial charge is 0.468 e. The van der Waals surface area contributed by atoms with E-state index >= 15 is 0 Å². The van der Waals surface area contributed by atoms with Gasteiger partial charge < -0.3 is 19.2 Å². The van der Waals surface area contributed by atoms with Gasteiger partial charge in [-0.1, -0.05) is 11.6 Å². The zero-order chi connectivity index (χ0) is 17.6. The van der Waals surface area contributed by atoms with Crippen molar-refractivity contribution in [1.29, 1.82) is 0 Å². The maximum atomic E-state index is 12.4. The van der Waals surface area contributed by atoms with Crippen molar-refractivity contribution in [1.82, 2.24) is 20.3 Å². The number of aryl methyl sites for hydroxylation is 1. The van der Waals surface area contributed by atoms with Crippen molar-refractivity contribution in [2.24, 2.45) is 0 Å². The quantitative estimate of drug-likeness (QED) is 0.870. The lowest BCUT2D eigenvalue weighted by atomic mass is 10.1. The van der Waals surface area contributed by atoms with Crippen molar-refractivity contribution in [2.45, 2.75) is 38.8 Å². The summed E-state index contributed by atoms with van der Waals surface area (Å²) >= 11 is 0. The third-order valence-electron chi connectivity index (χ3n) is 4.57. The maximum Gasteiger partial charge on any atom is 0.317 e. The summed E-state index contributed by atoms with van der Waals surface area (Å²) in [5.74, 6) is 1.64. The molecule has 2 aromatic heterocycles. The Morgan fingerprint density at radius 3 is 2.84 bits per heavy atom. The first kappa shape index (κ1) is 17.5. The van der Waals surface area contributed by atoms with Crippen molar-refractivity contribution in [3.63, 3.8) is 0 Å². The lowest BCUT2D eigenvalue weighted by Crippen LogP contribution is -2.44. The number of piperidine rings is 1. The van der Waals surface area contributed by atoms with Crippen LogP contribution >= 0.6 is 0 Å². The van der Waals surface area contributed by atoms with Gasteiger partial charge in [-0.15, -0.1) is 0 Å². The van der Waals surface area contributed by atoms with Crippen molar-refractivity contribution in [3.05, 3.63) is 41.7 Å². The second-order valence-corrected chi connectivity index (χ2v) is 6.60. The summed E-state index contributed by atoms with van der Waals surface area (Å²) in [6.45, 7) is 4.85. The Morgan fingerprint density at radius 2 is 2.20 bits per heavy atom. The Balaban J connectivity index is 1.57. The van der Waals surface area contributed by atoms with Crippen LogP contribution in [0.1, 0.15) is 42.5 Å². The molecule has 1 N–H and O–H groups in total. The summed E-state index contributed by atoms with van der Waals surface area (Å²) in [5.41, 5.74) is 0.744. The summed E-state index contributed by atoms with van der Waals surface area (Å²) in [6.07, 6.45) is 5.34. The van der Waals surface area contributed by atoms with Gasteiger partial charge in [0.1, 0.15) is 17.2 Å². The average Bonchev–Trinajstić information content (AvgIpc) is 3.28. The summed E-state index contributed by atoms with van der Waals surface area (Å²) in [7, 11) is 1.75. The van der Waals surface area contributed by atoms with Crippen LogP contribution in [0.5, 0.6) is 0 Å². The topological polar surface area (TPSA) is 74.8 Å². The summed E-state index contributed by atoms with van der Waals surface area (Å²) in [4.78, 5) is 16.4. The smallest absolute Gasteiger partial charge is 0.317 e. The predicted molar refractivity (Wildman–Crippen MR) is 93.0 cm³/mol. The Kier molecular flexibility index (Phi) is 5.75. The number of rotatable bonds is 6. The van der Waals surface area contributed by atoms with Crippen LogP contribution in [0.25, 0.3) is 0 Å². The Hall–Kier alpha value is -2.28. The van der Waals surface area contributed by atoms with E-state index in [4.69, 9.17) is 8.94 Å². The van der Waals surface area contributed by atoms with Gasteiger partial charge in [0, 0.05) is 19.7 Å². The van der Waals surface area contributed by atoms with E-state index in [0.717, 1.165) is 30.3 Å². The lowest BCUT2D eigenvalue weighted by molar-refractivity contribution is 0.140. The molecule has 3 rings (SSSR count). The highest BCUT2D eigenvalue weighted by molar-refractivity contribution is 5.73. The van der Waals surface area contributed by atoms with Gasteiger partial charge >= 0.3 is 6.03 Å². The fourth-order valence-electron chi connectivity index (χ4n) is 3.25. The standard InChI is InChI=1S/C18H26N4O3/c1-14-11-15(20-25-14)13-21(2)18(23)19-12-16(17-7-6-10-24-17)22-8-4-3-5-9-22/h6-7,10-11,16H,3-5,8-9,12-13H2,1-2H3,(H,19,23)/t16-/m1/s1. The highest BCUT2D eigenvalue weighted by atomic mass is 16.5. The number of nitrogens with zero attached hydrogens (tertiary/aromatic N) is 3. The maximum absolute atomic E-state index is 12.4. The van der Waals surface area contributed by atoms with Gasteiger partial charge in [0.05, 0.1) is 18.8 Å². The van der Waals surface area contributed by atoms with Crippen LogP contribution in [0.15, 0.2) is 33.4 Å². The van der Waals surface area contributed by atoms with Crippen LogP contribution in [-0.4, -0.2) is 47.7 Å². The molecule has 7 heteroatoms. The van der Waals surface area contributed by atoms with Gasteiger partial charge in [-0.05, 0) is 45.0 Å². The first-order chi connectivity index (χ1) is 12.1. The second kappa shape index (κ2) is 8.20. The zero-order valence-electron chi connectivity index (χ0n) is 14.9. The fraction of sp³-hybridized carbons (Fsp3) is 0.556. The molecule has 1 fully saturated rings. The van der Waals surface area contributed by atoms with E-state index in [0.29, 0.717) is 13.1 Å². The molecule has 1 aliphatic heterocycles. The van der Waals surface area contributed by atoms with Gasteiger partial charge in [-0.2, -0.15) is 0 Å². The van der Waals surface area contributed by atoms with Crippen LogP contribution in [0.4, 0.5) is 4.79 Å². The van der Waals surface area contributed by atoms with E-state index in [9.17, 15) is 4.79 Å². The van der Waals surface area contributed by atoms with E-state index in [1.807, 2.05) is 25.1 Å². The molecule has 0 saturated carbocycles. The number of nitrogens with one attached hydrogen (secondary N) is 1. The molecule has 7 nitrogen and oxygen atoms in total. The van der Waals surface area contributed by atoms with Crippen molar-refractivity contribution in [2.75, 3.05) is 26.7 Å². The SMILES string of the molecule is Cc1cc(CN(C)C(=O)NC[C@H](c2ccco2)N2CCCCC2)no1. The molecule has 3 heterocycles. The van der Waals surface area contributed by atoms with E-state index in [-0.39, 0.29) is 12.1 Å². The highest BCUT2D eigenvalue weighted by Crippen LogP contribution is 2.24. The molecule has 0 unspecified atom stereocenters. The number of carbonyl (C=O) groups is 1. The summed E-state index contributed by atoms with van der Waals surface area (Å²) in [6, 6.07) is 5.65. The molecule has 25 heavy (non-hydrogen) atoms. The molecule has 2 amide bonds. The van der Waals surface area contributed by atoms with Crippen LogP contribution in [-0.2, 0) is 6.54 Å². The molecule has 0 spiro atoms. The molecule has 136 valence electrons. The first-order valence-corrected chi connectivity index (χ1v) is 8.82.